The minimum absolute atomic E-state index is 0.0647. The van der Waals surface area contributed by atoms with E-state index in [0.717, 1.165) is 25.2 Å². The fourth-order valence-electron chi connectivity index (χ4n) is 3.88. The molecule has 0 bridgehead atoms. The molecule has 3 rings (SSSR count). The molecule has 0 unspecified atom stereocenters. The smallest absolute Gasteiger partial charge is 0.153 e. The predicted molar refractivity (Wildman–Crippen MR) is 91.2 cm³/mol. The molecule has 2 heterocycles. The number of fused-ring (bicyclic) bond motifs is 1. The van der Waals surface area contributed by atoms with Crippen LogP contribution < -0.4 is 0 Å². The average molecular weight is 338 g/mol. The maximum absolute atomic E-state index is 12.2. The quantitative estimate of drug-likeness (QED) is 0.897. The minimum Gasteiger partial charge on any atom is -0.508 e. The van der Waals surface area contributed by atoms with E-state index < -0.39 is 9.84 Å². The van der Waals surface area contributed by atoms with E-state index in [4.69, 9.17) is 0 Å². The highest BCUT2D eigenvalue weighted by atomic mass is 32.2. The number of sulfone groups is 1. The van der Waals surface area contributed by atoms with Crippen LogP contribution in [0.1, 0.15) is 19.4 Å². The van der Waals surface area contributed by atoms with Crippen LogP contribution >= 0.6 is 0 Å². The van der Waals surface area contributed by atoms with Gasteiger partial charge in [-0.05, 0) is 23.6 Å². The van der Waals surface area contributed by atoms with Crippen molar-refractivity contribution in [2.45, 2.75) is 32.5 Å². The molecule has 1 N–H and O–H groups in total. The van der Waals surface area contributed by atoms with Crippen molar-refractivity contribution in [3.63, 3.8) is 0 Å². The number of benzene rings is 1. The lowest BCUT2D eigenvalue weighted by atomic mass is 10.0. The maximum Gasteiger partial charge on any atom is 0.153 e. The number of piperazine rings is 1. The second-order valence-corrected chi connectivity index (χ2v) is 9.39. The topological polar surface area (TPSA) is 60.9 Å². The molecule has 0 spiro atoms. The first-order chi connectivity index (χ1) is 10.8. The molecule has 2 aliphatic rings. The Hall–Kier alpha value is -1.11. The SMILES string of the molecule is CC(C)CN1CCN(Cc2cccc(O)c2)[C@@H]2CS(=O)(=O)C[C@@H]21. The van der Waals surface area contributed by atoms with Crippen molar-refractivity contribution >= 4 is 9.84 Å². The third kappa shape index (κ3) is 3.87. The van der Waals surface area contributed by atoms with Crippen molar-refractivity contribution in [1.82, 2.24) is 9.80 Å². The van der Waals surface area contributed by atoms with Crippen LogP contribution in [0.2, 0.25) is 0 Å². The van der Waals surface area contributed by atoms with E-state index in [2.05, 4.69) is 23.6 Å². The Morgan fingerprint density at radius 2 is 1.83 bits per heavy atom. The third-order valence-corrected chi connectivity index (χ3v) is 6.50. The van der Waals surface area contributed by atoms with Crippen molar-refractivity contribution in [2.24, 2.45) is 5.92 Å². The standard InChI is InChI=1S/C17H26N2O3S/c1-13(2)9-18-6-7-19(10-14-4-3-5-15(20)8-14)17-12-23(21,22)11-16(17)18/h3-5,8,13,16-17,20H,6-7,9-12H2,1-2H3/t16-,17+/m0/s1. The Morgan fingerprint density at radius 1 is 1.17 bits per heavy atom. The van der Waals surface area contributed by atoms with Crippen LogP contribution in [0, 0.1) is 5.92 Å². The van der Waals surface area contributed by atoms with Crippen molar-refractivity contribution in [2.75, 3.05) is 31.1 Å². The lowest BCUT2D eigenvalue weighted by Gasteiger charge is -2.44. The van der Waals surface area contributed by atoms with E-state index in [1.54, 1.807) is 12.1 Å². The molecular formula is C17H26N2O3S. The summed E-state index contributed by atoms with van der Waals surface area (Å²) in [7, 11) is -2.96. The first-order valence-electron chi connectivity index (χ1n) is 8.30. The highest BCUT2D eigenvalue weighted by Gasteiger charge is 2.46. The van der Waals surface area contributed by atoms with Gasteiger partial charge in [0.1, 0.15) is 5.75 Å². The van der Waals surface area contributed by atoms with Crippen LogP contribution in [0.3, 0.4) is 0 Å². The Labute approximate surface area is 138 Å². The third-order valence-electron chi connectivity index (χ3n) is 4.80. The number of hydrogen-bond donors (Lipinski definition) is 1. The Bertz CT molecular complexity index is 660. The minimum atomic E-state index is -2.96. The second kappa shape index (κ2) is 6.42. The van der Waals surface area contributed by atoms with Gasteiger partial charge in [-0.3, -0.25) is 9.80 Å². The van der Waals surface area contributed by atoms with Gasteiger partial charge >= 0.3 is 0 Å². The van der Waals surface area contributed by atoms with Gasteiger partial charge in [0.2, 0.25) is 0 Å². The summed E-state index contributed by atoms with van der Waals surface area (Å²) >= 11 is 0. The Kier molecular flexibility index (Phi) is 4.67. The summed E-state index contributed by atoms with van der Waals surface area (Å²) in [5.74, 6) is 1.33. The molecule has 5 nitrogen and oxygen atoms in total. The van der Waals surface area contributed by atoms with Crippen molar-refractivity contribution in [3.8, 4) is 5.75 Å². The fourth-order valence-corrected chi connectivity index (χ4v) is 5.92. The molecule has 2 fully saturated rings. The van der Waals surface area contributed by atoms with Crippen molar-refractivity contribution in [3.05, 3.63) is 29.8 Å². The molecule has 128 valence electrons. The van der Waals surface area contributed by atoms with E-state index in [0.29, 0.717) is 12.5 Å². The maximum atomic E-state index is 12.2. The molecule has 1 aromatic rings. The van der Waals surface area contributed by atoms with Crippen LogP contribution in [0.4, 0.5) is 0 Å². The first kappa shape index (κ1) is 16.7. The number of aromatic hydroxyl groups is 1. The summed E-state index contributed by atoms with van der Waals surface area (Å²) in [5, 5.41) is 9.63. The van der Waals surface area contributed by atoms with Crippen LogP contribution in [0.15, 0.2) is 24.3 Å². The van der Waals surface area contributed by atoms with Gasteiger partial charge < -0.3 is 5.11 Å². The summed E-state index contributed by atoms with van der Waals surface area (Å²) in [6, 6.07) is 7.41. The molecule has 0 aliphatic carbocycles. The molecule has 1 aromatic carbocycles. The monoisotopic (exact) mass is 338 g/mol. The molecule has 0 saturated carbocycles. The zero-order chi connectivity index (χ0) is 16.6. The normalized spacial score (nSPS) is 28.1. The molecule has 6 heteroatoms. The number of phenolic OH excluding ortho intramolecular Hbond substituents is 1. The Morgan fingerprint density at radius 3 is 2.48 bits per heavy atom. The lowest BCUT2D eigenvalue weighted by Crippen LogP contribution is -2.59. The summed E-state index contributed by atoms with van der Waals surface area (Å²) in [6.45, 7) is 7.79. The van der Waals surface area contributed by atoms with Gasteiger partial charge in [0, 0.05) is 38.3 Å². The van der Waals surface area contributed by atoms with Gasteiger partial charge in [-0.1, -0.05) is 26.0 Å². The first-order valence-corrected chi connectivity index (χ1v) is 10.1. The number of rotatable bonds is 4. The van der Waals surface area contributed by atoms with Crippen LogP contribution in [-0.4, -0.2) is 66.5 Å². The summed E-state index contributed by atoms with van der Waals surface area (Å²) in [5.41, 5.74) is 1.03. The van der Waals surface area contributed by atoms with Gasteiger partial charge in [0.15, 0.2) is 9.84 Å². The largest absolute Gasteiger partial charge is 0.508 e. The molecule has 23 heavy (non-hydrogen) atoms. The van der Waals surface area contributed by atoms with Gasteiger partial charge in [-0.15, -0.1) is 0 Å². The second-order valence-electron chi connectivity index (χ2n) is 7.24. The summed E-state index contributed by atoms with van der Waals surface area (Å²) in [4.78, 5) is 4.64. The van der Waals surface area contributed by atoms with Crippen LogP contribution in [0.25, 0.3) is 0 Å². The summed E-state index contributed by atoms with van der Waals surface area (Å²) in [6.07, 6.45) is 0. The molecule has 0 radical (unpaired) electrons. The molecule has 2 aliphatic heterocycles. The fraction of sp³-hybridized carbons (Fsp3) is 0.647. The highest BCUT2D eigenvalue weighted by Crippen LogP contribution is 2.29. The van der Waals surface area contributed by atoms with Crippen LogP contribution in [0.5, 0.6) is 5.75 Å². The van der Waals surface area contributed by atoms with Crippen molar-refractivity contribution in [1.29, 1.82) is 0 Å². The predicted octanol–water partition coefficient (Wildman–Crippen LogP) is 1.33. The van der Waals surface area contributed by atoms with E-state index in [9.17, 15) is 13.5 Å². The number of phenols is 1. The van der Waals surface area contributed by atoms with E-state index in [1.807, 2.05) is 12.1 Å². The molecule has 2 saturated heterocycles. The van der Waals surface area contributed by atoms with E-state index >= 15 is 0 Å². The molecule has 2 atom stereocenters. The van der Waals surface area contributed by atoms with Crippen LogP contribution in [-0.2, 0) is 16.4 Å². The average Bonchev–Trinajstić information content (AvgIpc) is 2.77. The van der Waals surface area contributed by atoms with E-state index in [-0.39, 0.29) is 29.3 Å². The zero-order valence-corrected chi connectivity index (χ0v) is 14.7. The number of hydrogen-bond acceptors (Lipinski definition) is 5. The molecule has 0 aromatic heterocycles. The molecule has 0 amide bonds. The van der Waals surface area contributed by atoms with Crippen molar-refractivity contribution < 1.29 is 13.5 Å². The van der Waals surface area contributed by atoms with Gasteiger partial charge in [-0.2, -0.15) is 0 Å². The lowest BCUT2D eigenvalue weighted by molar-refractivity contribution is 0.0337. The number of nitrogens with zero attached hydrogens (tertiary/aromatic N) is 2. The van der Waals surface area contributed by atoms with E-state index in [1.165, 1.54) is 0 Å². The molecular weight excluding hydrogens is 312 g/mol. The highest BCUT2D eigenvalue weighted by molar-refractivity contribution is 7.91. The van der Waals surface area contributed by atoms with Gasteiger partial charge in [0.25, 0.3) is 0 Å². The summed E-state index contributed by atoms with van der Waals surface area (Å²) < 4.78 is 24.4. The van der Waals surface area contributed by atoms with Gasteiger partial charge in [-0.25, -0.2) is 8.42 Å². The van der Waals surface area contributed by atoms with Gasteiger partial charge in [0.05, 0.1) is 11.5 Å². The zero-order valence-electron chi connectivity index (χ0n) is 13.9. The Balaban J connectivity index is 1.78.